The lowest BCUT2D eigenvalue weighted by Gasteiger charge is -2.34. The minimum Gasteiger partial charge on any atom is -0.505 e. The molecule has 2 rings (SSSR count). The molecule has 0 spiro atoms. The Morgan fingerprint density at radius 2 is 1.70 bits per heavy atom. The molecular weight excluding hydrogens is 294 g/mol. The monoisotopic (exact) mass is 324 g/mol. The van der Waals surface area contributed by atoms with Gasteiger partial charge in [-0.2, -0.15) is 4.39 Å². The van der Waals surface area contributed by atoms with Gasteiger partial charge in [-0.15, -0.1) is 0 Å². The van der Waals surface area contributed by atoms with Crippen LogP contribution in [-0.2, 0) is 0 Å². The molecule has 1 fully saturated rings. The van der Waals surface area contributed by atoms with Gasteiger partial charge in [0.1, 0.15) is 0 Å². The van der Waals surface area contributed by atoms with Gasteiger partial charge in [0.25, 0.3) is 0 Å². The van der Waals surface area contributed by atoms with Crippen molar-refractivity contribution < 1.29 is 13.9 Å². The SMILES string of the molecule is CCC(CCC(C)C)C1CCC(c2ccc(O)c(F)c2F)CC1. The maximum Gasteiger partial charge on any atom is 0.200 e. The summed E-state index contributed by atoms with van der Waals surface area (Å²) in [5, 5.41) is 9.26. The second kappa shape index (κ2) is 8.12. The predicted octanol–water partition coefficient (Wildman–Crippen LogP) is 6.41. The molecule has 1 N–H and O–H groups in total. The van der Waals surface area contributed by atoms with Crippen LogP contribution in [0.3, 0.4) is 0 Å². The highest BCUT2D eigenvalue weighted by atomic mass is 19.2. The molecule has 0 bridgehead atoms. The van der Waals surface area contributed by atoms with Gasteiger partial charge in [0.15, 0.2) is 11.6 Å². The van der Waals surface area contributed by atoms with Crippen LogP contribution in [0.4, 0.5) is 8.78 Å². The summed E-state index contributed by atoms with van der Waals surface area (Å²) in [7, 11) is 0. The molecule has 0 heterocycles. The molecule has 1 aliphatic rings. The fourth-order valence-electron chi connectivity index (χ4n) is 4.09. The fraction of sp³-hybridized carbons (Fsp3) is 0.700. The molecule has 1 unspecified atom stereocenters. The van der Waals surface area contributed by atoms with Gasteiger partial charge in [-0.05, 0) is 67.4 Å². The summed E-state index contributed by atoms with van der Waals surface area (Å²) in [6.45, 7) is 6.81. The Morgan fingerprint density at radius 1 is 1.04 bits per heavy atom. The Labute approximate surface area is 139 Å². The van der Waals surface area contributed by atoms with Crippen molar-refractivity contribution in [1.82, 2.24) is 0 Å². The van der Waals surface area contributed by atoms with Crippen molar-refractivity contribution in [2.45, 2.75) is 71.6 Å². The first-order valence-corrected chi connectivity index (χ1v) is 9.10. The molecule has 0 amide bonds. The molecule has 3 heteroatoms. The van der Waals surface area contributed by atoms with E-state index in [0.29, 0.717) is 5.56 Å². The lowest BCUT2D eigenvalue weighted by atomic mass is 9.71. The number of benzene rings is 1. The summed E-state index contributed by atoms with van der Waals surface area (Å²) in [5.41, 5.74) is 0.439. The quantitative estimate of drug-likeness (QED) is 0.641. The molecule has 23 heavy (non-hydrogen) atoms. The van der Waals surface area contributed by atoms with Crippen LogP contribution in [-0.4, -0.2) is 5.11 Å². The van der Waals surface area contributed by atoms with Gasteiger partial charge in [-0.3, -0.25) is 0 Å². The van der Waals surface area contributed by atoms with E-state index in [1.54, 1.807) is 6.07 Å². The molecule has 0 radical (unpaired) electrons. The van der Waals surface area contributed by atoms with E-state index < -0.39 is 17.4 Å². The summed E-state index contributed by atoms with van der Waals surface area (Å²) in [5.74, 6) is -0.244. The zero-order valence-corrected chi connectivity index (χ0v) is 14.6. The highest BCUT2D eigenvalue weighted by Gasteiger charge is 2.29. The molecule has 1 atom stereocenters. The smallest absolute Gasteiger partial charge is 0.200 e. The average molecular weight is 324 g/mol. The summed E-state index contributed by atoms with van der Waals surface area (Å²) >= 11 is 0. The largest absolute Gasteiger partial charge is 0.505 e. The minimum atomic E-state index is -1.10. The van der Waals surface area contributed by atoms with Crippen LogP contribution in [0.1, 0.15) is 77.2 Å². The number of rotatable bonds is 6. The molecule has 1 aliphatic carbocycles. The number of hydrogen-bond acceptors (Lipinski definition) is 1. The number of hydrogen-bond donors (Lipinski definition) is 1. The van der Waals surface area contributed by atoms with Crippen LogP contribution in [0.15, 0.2) is 12.1 Å². The van der Waals surface area contributed by atoms with Gasteiger partial charge in [-0.1, -0.05) is 39.7 Å². The second-order valence-corrected chi connectivity index (χ2v) is 7.55. The number of aromatic hydroxyl groups is 1. The van der Waals surface area contributed by atoms with Crippen molar-refractivity contribution in [1.29, 1.82) is 0 Å². The fourth-order valence-corrected chi connectivity index (χ4v) is 4.09. The molecular formula is C20H30F2O. The first-order chi connectivity index (χ1) is 10.9. The number of phenols is 1. The van der Waals surface area contributed by atoms with Crippen molar-refractivity contribution in [3.8, 4) is 5.75 Å². The van der Waals surface area contributed by atoms with Gasteiger partial charge >= 0.3 is 0 Å². The highest BCUT2D eigenvalue weighted by molar-refractivity contribution is 5.32. The van der Waals surface area contributed by atoms with Crippen LogP contribution in [0.25, 0.3) is 0 Å². The predicted molar refractivity (Wildman–Crippen MR) is 90.6 cm³/mol. The summed E-state index contributed by atoms with van der Waals surface area (Å²) < 4.78 is 27.6. The summed E-state index contributed by atoms with van der Waals surface area (Å²) in [6, 6.07) is 2.83. The van der Waals surface area contributed by atoms with Crippen molar-refractivity contribution in [2.75, 3.05) is 0 Å². The normalized spacial score (nSPS) is 23.2. The van der Waals surface area contributed by atoms with Crippen molar-refractivity contribution in [3.05, 3.63) is 29.3 Å². The maximum absolute atomic E-state index is 14.0. The first-order valence-electron chi connectivity index (χ1n) is 9.10. The van der Waals surface area contributed by atoms with Gasteiger partial charge in [0.2, 0.25) is 5.82 Å². The third-order valence-electron chi connectivity index (χ3n) is 5.61. The molecule has 130 valence electrons. The van der Waals surface area contributed by atoms with Gasteiger partial charge in [0, 0.05) is 0 Å². The van der Waals surface area contributed by atoms with Crippen LogP contribution in [0.2, 0.25) is 0 Å². The standard InChI is InChI=1S/C20H30F2O/c1-4-14(6-5-13(2)3)15-7-9-16(10-8-15)17-11-12-18(23)20(22)19(17)21/h11-16,23H,4-10H2,1-3H3. The minimum absolute atomic E-state index is 0.0870. The molecule has 0 aromatic heterocycles. The lowest BCUT2D eigenvalue weighted by molar-refractivity contribution is 0.206. The van der Waals surface area contributed by atoms with E-state index in [2.05, 4.69) is 20.8 Å². The van der Waals surface area contributed by atoms with Crippen LogP contribution in [0.5, 0.6) is 5.75 Å². The van der Waals surface area contributed by atoms with Crippen LogP contribution < -0.4 is 0 Å². The van der Waals surface area contributed by atoms with Gasteiger partial charge in [0.05, 0.1) is 0 Å². The topological polar surface area (TPSA) is 20.2 Å². The maximum atomic E-state index is 14.0. The van der Waals surface area contributed by atoms with E-state index >= 15 is 0 Å². The Balaban J connectivity index is 1.97. The van der Waals surface area contributed by atoms with E-state index in [1.807, 2.05) is 0 Å². The van der Waals surface area contributed by atoms with Gasteiger partial charge in [-0.25, -0.2) is 4.39 Å². The second-order valence-electron chi connectivity index (χ2n) is 7.55. The van der Waals surface area contributed by atoms with Crippen molar-refractivity contribution in [3.63, 3.8) is 0 Å². The highest BCUT2D eigenvalue weighted by Crippen LogP contribution is 2.42. The van der Waals surface area contributed by atoms with Crippen LogP contribution in [0, 0.1) is 29.4 Å². The number of halogens is 2. The lowest BCUT2D eigenvalue weighted by Crippen LogP contribution is -2.22. The molecule has 0 saturated heterocycles. The molecule has 1 nitrogen and oxygen atoms in total. The van der Waals surface area contributed by atoms with E-state index in [1.165, 1.54) is 25.3 Å². The van der Waals surface area contributed by atoms with Crippen molar-refractivity contribution in [2.24, 2.45) is 17.8 Å². The Bertz CT molecular complexity index is 505. The molecule has 1 saturated carbocycles. The van der Waals surface area contributed by atoms with E-state index in [4.69, 9.17) is 0 Å². The van der Waals surface area contributed by atoms with Gasteiger partial charge < -0.3 is 5.11 Å². The molecule has 0 aliphatic heterocycles. The van der Waals surface area contributed by atoms with Crippen LogP contribution >= 0.6 is 0 Å². The first kappa shape index (κ1) is 18.2. The zero-order chi connectivity index (χ0) is 17.0. The zero-order valence-electron chi connectivity index (χ0n) is 14.6. The Hall–Kier alpha value is -1.12. The van der Waals surface area contributed by atoms with E-state index in [0.717, 1.165) is 43.4 Å². The Kier molecular flexibility index (Phi) is 6.43. The van der Waals surface area contributed by atoms with Crippen molar-refractivity contribution >= 4 is 0 Å². The average Bonchev–Trinajstić information content (AvgIpc) is 2.54. The third kappa shape index (κ3) is 4.45. The summed E-state index contributed by atoms with van der Waals surface area (Å²) in [4.78, 5) is 0. The molecule has 1 aromatic carbocycles. The Morgan fingerprint density at radius 3 is 2.26 bits per heavy atom. The third-order valence-corrected chi connectivity index (χ3v) is 5.61. The summed E-state index contributed by atoms with van der Waals surface area (Å²) in [6.07, 6.45) is 7.81. The van der Waals surface area contributed by atoms with E-state index in [-0.39, 0.29) is 5.92 Å². The number of phenolic OH excluding ortho intramolecular Hbond substituents is 1. The van der Waals surface area contributed by atoms with E-state index in [9.17, 15) is 13.9 Å². The molecule has 1 aromatic rings.